The molecule has 4 nitrogen and oxygen atoms in total. The van der Waals surface area contributed by atoms with Crippen molar-refractivity contribution >= 4 is 5.91 Å². The van der Waals surface area contributed by atoms with Crippen LogP contribution in [-0.2, 0) is 0 Å². The van der Waals surface area contributed by atoms with Crippen molar-refractivity contribution < 1.29 is 14.3 Å². The average molecular weight is 238 g/mol. The number of phenolic OH excluding ortho intramolecular Hbond substituents is 1. The number of nitrogens with one attached hydrogen (secondary N) is 1. The zero-order chi connectivity index (χ0) is 12.3. The van der Waals surface area contributed by atoms with Crippen LogP contribution in [0.5, 0.6) is 5.75 Å². The van der Waals surface area contributed by atoms with Crippen molar-refractivity contribution in [1.82, 2.24) is 10.4 Å². The van der Waals surface area contributed by atoms with Gasteiger partial charge in [-0.1, -0.05) is 6.42 Å². The Morgan fingerprint density at radius 1 is 1.29 bits per heavy atom. The Morgan fingerprint density at radius 3 is 2.71 bits per heavy atom. The number of hydrogen-bond donors (Lipinski definition) is 2. The molecule has 17 heavy (non-hydrogen) atoms. The SMILES string of the molecule is O=C(NN1CCCCC1)c1cc(F)ccc1O. The van der Waals surface area contributed by atoms with Crippen LogP contribution in [0.25, 0.3) is 0 Å². The number of benzene rings is 1. The molecule has 92 valence electrons. The van der Waals surface area contributed by atoms with Crippen LogP contribution < -0.4 is 5.43 Å². The summed E-state index contributed by atoms with van der Waals surface area (Å²) in [6.07, 6.45) is 3.24. The lowest BCUT2D eigenvalue weighted by Crippen LogP contribution is -2.45. The van der Waals surface area contributed by atoms with Crippen LogP contribution in [0.3, 0.4) is 0 Å². The number of hydrazine groups is 1. The minimum Gasteiger partial charge on any atom is -0.507 e. The summed E-state index contributed by atoms with van der Waals surface area (Å²) in [5, 5.41) is 11.3. The van der Waals surface area contributed by atoms with Gasteiger partial charge in [-0.05, 0) is 31.0 Å². The molecule has 0 unspecified atom stereocenters. The van der Waals surface area contributed by atoms with Crippen molar-refractivity contribution in [2.45, 2.75) is 19.3 Å². The molecule has 1 heterocycles. The number of amides is 1. The highest BCUT2D eigenvalue weighted by Gasteiger charge is 2.16. The quantitative estimate of drug-likeness (QED) is 0.824. The Hall–Kier alpha value is -1.62. The van der Waals surface area contributed by atoms with E-state index in [1.54, 1.807) is 5.01 Å². The van der Waals surface area contributed by atoms with Crippen LogP contribution in [-0.4, -0.2) is 29.1 Å². The Morgan fingerprint density at radius 2 is 2.00 bits per heavy atom. The lowest BCUT2D eigenvalue weighted by molar-refractivity contribution is 0.0747. The third-order valence-corrected chi connectivity index (χ3v) is 2.82. The van der Waals surface area contributed by atoms with E-state index in [0.717, 1.165) is 44.5 Å². The summed E-state index contributed by atoms with van der Waals surface area (Å²) < 4.78 is 13.0. The Bertz CT molecular complexity index is 417. The molecule has 0 radical (unpaired) electrons. The van der Waals surface area contributed by atoms with Gasteiger partial charge >= 0.3 is 0 Å². The van der Waals surface area contributed by atoms with Crippen LogP contribution in [0, 0.1) is 5.82 Å². The molecular weight excluding hydrogens is 223 g/mol. The number of halogens is 1. The molecule has 0 atom stereocenters. The predicted molar refractivity (Wildman–Crippen MR) is 61.0 cm³/mol. The maximum atomic E-state index is 13.0. The molecule has 0 spiro atoms. The van der Waals surface area contributed by atoms with Crippen LogP contribution in [0.2, 0.25) is 0 Å². The van der Waals surface area contributed by atoms with Crippen LogP contribution in [0.4, 0.5) is 4.39 Å². The highest BCUT2D eigenvalue weighted by Crippen LogP contribution is 2.18. The van der Waals surface area contributed by atoms with Gasteiger partial charge < -0.3 is 5.11 Å². The first-order chi connectivity index (χ1) is 8.16. The Balaban J connectivity index is 2.05. The topological polar surface area (TPSA) is 52.6 Å². The molecule has 2 N–H and O–H groups in total. The molecule has 1 aliphatic heterocycles. The summed E-state index contributed by atoms with van der Waals surface area (Å²) in [6.45, 7) is 1.59. The molecule has 2 rings (SSSR count). The van der Waals surface area contributed by atoms with Gasteiger partial charge in [0.1, 0.15) is 11.6 Å². The van der Waals surface area contributed by atoms with E-state index in [1.165, 1.54) is 6.07 Å². The molecule has 1 aromatic rings. The zero-order valence-electron chi connectivity index (χ0n) is 9.45. The summed E-state index contributed by atoms with van der Waals surface area (Å²) in [4.78, 5) is 11.8. The zero-order valence-corrected chi connectivity index (χ0v) is 9.45. The van der Waals surface area contributed by atoms with E-state index in [0.29, 0.717) is 0 Å². The number of piperidine rings is 1. The minimum absolute atomic E-state index is 0.0319. The second-order valence-electron chi connectivity index (χ2n) is 4.15. The van der Waals surface area contributed by atoms with Gasteiger partial charge in [-0.25, -0.2) is 9.40 Å². The van der Waals surface area contributed by atoms with E-state index in [9.17, 15) is 14.3 Å². The maximum Gasteiger partial charge on any atom is 0.269 e. The molecule has 1 saturated heterocycles. The summed E-state index contributed by atoms with van der Waals surface area (Å²) >= 11 is 0. The highest BCUT2D eigenvalue weighted by atomic mass is 19.1. The molecular formula is C12H15FN2O2. The van der Waals surface area contributed by atoms with E-state index in [4.69, 9.17) is 0 Å². The van der Waals surface area contributed by atoms with E-state index in [-0.39, 0.29) is 11.3 Å². The summed E-state index contributed by atoms with van der Waals surface area (Å²) in [5.41, 5.74) is 2.64. The molecule has 1 aromatic carbocycles. The largest absolute Gasteiger partial charge is 0.507 e. The van der Waals surface area contributed by atoms with Gasteiger partial charge in [-0.3, -0.25) is 10.2 Å². The summed E-state index contributed by atoms with van der Waals surface area (Å²) in [5.74, 6) is -1.21. The standard InChI is InChI=1S/C12H15FN2O2/c13-9-4-5-11(16)10(8-9)12(17)14-15-6-2-1-3-7-15/h4-5,8,16H,1-3,6-7H2,(H,14,17). The van der Waals surface area contributed by atoms with Gasteiger partial charge in [-0.2, -0.15) is 0 Å². The van der Waals surface area contributed by atoms with Crippen molar-refractivity contribution in [3.8, 4) is 5.75 Å². The van der Waals surface area contributed by atoms with Gasteiger partial charge in [0.2, 0.25) is 0 Å². The van der Waals surface area contributed by atoms with Crippen molar-refractivity contribution in [3.05, 3.63) is 29.6 Å². The first kappa shape index (κ1) is 11.9. The van der Waals surface area contributed by atoms with Crippen LogP contribution in [0.15, 0.2) is 18.2 Å². The lowest BCUT2D eigenvalue weighted by Gasteiger charge is -2.26. The number of rotatable bonds is 2. The average Bonchev–Trinajstić information content (AvgIpc) is 2.33. The van der Waals surface area contributed by atoms with Crippen molar-refractivity contribution in [1.29, 1.82) is 0 Å². The normalized spacial score (nSPS) is 16.8. The molecule has 1 fully saturated rings. The number of aromatic hydroxyl groups is 1. The Labute approximate surface area is 99.0 Å². The summed E-state index contributed by atoms with van der Waals surface area (Å²) in [7, 11) is 0. The smallest absolute Gasteiger partial charge is 0.269 e. The maximum absolute atomic E-state index is 13.0. The van der Waals surface area contributed by atoms with Crippen LogP contribution in [0.1, 0.15) is 29.6 Å². The Kier molecular flexibility index (Phi) is 3.58. The van der Waals surface area contributed by atoms with Crippen molar-refractivity contribution in [2.24, 2.45) is 0 Å². The molecule has 1 amide bonds. The monoisotopic (exact) mass is 238 g/mol. The molecule has 0 aromatic heterocycles. The number of phenols is 1. The molecule has 0 bridgehead atoms. The van der Waals surface area contributed by atoms with Crippen molar-refractivity contribution in [3.63, 3.8) is 0 Å². The fourth-order valence-electron chi connectivity index (χ4n) is 1.90. The van der Waals surface area contributed by atoms with E-state index in [1.807, 2.05) is 0 Å². The van der Waals surface area contributed by atoms with Gasteiger partial charge in [0.05, 0.1) is 5.56 Å². The first-order valence-electron chi connectivity index (χ1n) is 5.71. The van der Waals surface area contributed by atoms with E-state index >= 15 is 0 Å². The summed E-state index contributed by atoms with van der Waals surface area (Å²) in [6, 6.07) is 3.34. The van der Waals surface area contributed by atoms with E-state index < -0.39 is 11.7 Å². The first-order valence-corrected chi connectivity index (χ1v) is 5.71. The third kappa shape index (κ3) is 2.94. The van der Waals surface area contributed by atoms with E-state index in [2.05, 4.69) is 5.43 Å². The molecule has 0 aliphatic carbocycles. The number of nitrogens with zero attached hydrogens (tertiary/aromatic N) is 1. The third-order valence-electron chi connectivity index (χ3n) is 2.82. The van der Waals surface area contributed by atoms with Gasteiger partial charge in [0.15, 0.2) is 0 Å². The predicted octanol–water partition coefficient (Wildman–Crippen LogP) is 1.66. The van der Waals surface area contributed by atoms with Gasteiger partial charge in [0.25, 0.3) is 5.91 Å². The lowest BCUT2D eigenvalue weighted by atomic mass is 10.1. The molecule has 5 heteroatoms. The number of hydrogen-bond acceptors (Lipinski definition) is 3. The highest BCUT2D eigenvalue weighted by molar-refractivity contribution is 5.96. The number of carbonyl (C=O) groups is 1. The second kappa shape index (κ2) is 5.14. The number of carbonyl (C=O) groups excluding carboxylic acids is 1. The molecule has 1 aliphatic rings. The fraction of sp³-hybridized carbons (Fsp3) is 0.417. The minimum atomic E-state index is -0.536. The van der Waals surface area contributed by atoms with Gasteiger partial charge in [-0.15, -0.1) is 0 Å². The van der Waals surface area contributed by atoms with Gasteiger partial charge in [0, 0.05) is 13.1 Å². The van der Waals surface area contributed by atoms with Crippen LogP contribution >= 0.6 is 0 Å². The fourth-order valence-corrected chi connectivity index (χ4v) is 1.90. The second-order valence-corrected chi connectivity index (χ2v) is 4.15. The van der Waals surface area contributed by atoms with Crippen molar-refractivity contribution in [2.75, 3.05) is 13.1 Å². The molecule has 0 saturated carbocycles.